The van der Waals surface area contributed by atoms with Gasteiger partial charge in [-0.1, -0.05) is 43.3 Å². The minimum absolute atomic E-state index is 0.286. The SMILES string of the molecule is CCN(CCC(=O)N1CCNCC1)Cc1ccc2ccccc2c1. The molecule has 2 aromatic carbocycles. The summed E-state index contributed by atoms with van der Waals surface area (Å²) in [5, 5.41) is 5.85. The molecule has 1 fully saturated rings. The lowest BCUT2D eigenvalue weighted by atomic mass is 10.1. The van der Waals surface area contributed by atoms with E-state index >= 15 is 0 Å². The molecule has 1 heterocycles. The Morgan fingerprint density at radius 3 is 2.62 bits per heavy atom. The molecule has 0 saturated carbocycles. The van der Waals surface area contributed by atoms with E-state index in [9.17, 15) is 4.79 Å². The van der Waals surface area contributed by atoms with Crippen LogP contribution in [0, 0.1) is 0 Å². The Morgan fingerprint density at radius 2 is 1.88 bits per heavy atom. The van der Waals surface area contributed by atoms with Crippen molar-refractivity contribution in [2.45, 2.75) is 19.9 Å². The maximum absolute atomic E-state index is 12.3. The Bertz CT molecular complexity index is 679. The Kier molecular flexibility index (Phi) is 5.83. The molecule has 24 heavy (non-hydrogen) atoms. The van der Waals surface area contributed by atoms with Crippen molar-refractivity contribution in [3.8, 4) is 0 Å². The predicted molar refractivity (Wildman–Crippen MR) is 99.0 cm³/mol. The van der Waals surface area contributed by atoms with Gasteiger partial charge < -0.3 is 10.2 Å². The third kappa shape index (κ3) is 4.34. The molecular formula is C20H27N3O. The van der Waals surface area contributed by atoms with Crippen LogP contribution in [0.4, 0.5) is 0 Å². The highest BCUT2D eigenvalue weighted by molar-refractivity contribution is 5.83. The summed E-state index contributed by atoms with van der Waals surface area (Å²) in [6.45, 7) is 8.37. The zero-order chi connectivity index (χ0) is 16.8. The minimum Gasteiger partial charge on any atom is -0.340 e. The zero-order valence-corrected chi connectivity index (χ0v) is 14.5. The van der Waals surface area contributed by atoms with Gasteiger partial charge in [-0.25, -0.2) is 0 Å². The van der Waals surface area contributed by atoms with Crippen LogP contribution in [0.15, 0.2) is 42.5 Å². The van der Waals surface area contributed by atoms with E-state index in [0.717, 1.165) is 45.8 Å². The van der Waals surface area contributed by atoms with E-state index in [1.165, 1.54) is 16.3 Å². The summed E-state index contributed by atoms with van der Waals surface area (Å²) in [5.74, 6) is 0.286. The molecule has 1 saturated heterocycles. The van der Waals surface area contributed by atoms with Gasteiger partial charge in [0.25, 0.3) is 0 Å². The fraction of sp³-hybridized carbons (Fsp3) is 0.450. The van der Waals surface area contributed by atoms with E-state index < -0.39 is 0 Å². The van der Waals surface area contributed by atoms with Gasteiger partial charge in [-0.3, -0.25) is 9.69 Å². The maximum Gasteiger partial charge on any atom is 0.223 e. The van der Waals surface area contributed by atoms with Gasteiger partial charge in [-0.2, -0.15) is 0 Å². The first-order valence-electron chi connectivity index (χ1n) is 8.95. The number of carbonyl (C=O) groups is 1. The van der Waals surface area contributed by atoms with E-state index in [1.807, 2.05) is 4.90 Å². The number of hydrogen-bond acceptors (Lipinski definition) is 3. The van der Waals surface area contributed by atoms with Crippen LogP contribution in [0.25, 0.3) is 10.8 Å². The average molecular weight is 325 g/mol. The molecule has 3 rings (SSSR count). The van der Waals surface area contributed by atoms with Gasteiger partial charge in [0.1, 0.15) is 0 Å². The fourth-order valence-electron chi connectivity index (χ4n) is 3.27. The molecule has 0 bridgehead atoms. The molecule has 128 valence electrons. The lowest BCUT2D eigenvalue weighted by molar-refractivity contribution is -0.132. The third-order valence-corrected chi connectivity index (χ3v) is 4.78. The maximum atomic E-state index is 12.3. The lowest BCUT2D eigenvalue weighted by Crippen LogP contribution is -2.47. The van der Waals surface area contributed by atoms with E-state index in [-0.39, 0.29) is 5.91 Å². The van der Waals surface area contributed by atoms with Crippen LogP contribution in [-0.2, 0) is 11.3 Å². The van der Waals surface area contributed by atoms with E-state index in [0.29, 0.717) is 6.42 Å². The topological polar surface area (TPSA) is 35.6 Å². The van der Waals surface area contributed by atoms with Crippen molar-refractivity contribution >= 4 is 16.7 Å². The van der Waals surface area contributed by atoms with Crippen molar-refractivity contribution in [1.82, 2.24) is 15.1 Å². The molecule has 0 aromatic heterocycles. The first-order valence-corrected chi connectivity index (χ1v) is 8.95. The first-order chi connectivity index (χ1) is 11.8. The number of fused-ring (bicyclic) bond motifs is 1. The van der Waals surface area contributed by atoms with Crippen LogP contribution in [0.3, 0.4) is 0 Å². The van der Waals surface area contributed by atoms with E-state index in [2.05, 4.69) is 59.6 Å². The molecule has 0 radical (unpaired) electrons. The summed E-state index contributed by atoms with van der Waals surface area (Å²) in [6, 6.07) is 15.1. The molecule has 1 aliphatic heterocycles. The van der Waals surface area contributed by atoms with Gasteiger partial charge in [0.15, 0.2) is 0 Å². The largest absolute Gasteiger partial charge is 0.340 e. The average Bonchev–Trinajstić information content (AvgIpc) is 2.65. The minimum atomic E-state index is 0.286. The van der Waals surface area contributed by atoms with Gasteiger partial charge in [-0.05, 0) is 28.9 Å². The van der Waals surface area contributed by atoms with Crippen LogP contribution in [0.1, 0.15) is 18.9 Å². The molecule has 2 aromatic rings. The lowest BCUT2D eigenvalue weighted by Gasteiger charge is -2.28. The first kappa shape index (κ1) is 16.9. The highest BCUT2D eigenvalue weighted by Gasteiger charge is 2.16. The number of carbonyl (C=O) groups excluding carboxylic acids is 1. The fourth-order valence-corrected chi connectivity index (χ4v) is 3.27. The molecule has 4 heteroatoms. The van der Waals surface area contributed by atoms with Crippen LogP contribution in [-0.4, -0.2) is 55.0 Å². The zero-order valence-electron chi connectivity index (χ0n) is 14.5. The molecule has 0 unspecified atom stereocenters. The number of nitrogens with zero attached hydrogens (tertiary/aromatic N) is 2. The van der Waals surface area contributed by atoms with Gasteiger partial charge in [0, 0.05) is 45.7 Å². The van der Waals surface area contributed by atoms with Crippen molar-refractivity contribution in [3.05, 3.63) is 48.0 Å². The summed E-state index contributed by atoms with van der Waals surface area (Å²) in [5.41, 5.74) is 1.31. The van der Waals surface area contributed by atoms with E-state index in [1.54, 1.807) is 0 Å². The summed E-state index contributed by atoms with van der Waals surface area (Å²) in [4.78, 5) is 16.7. The van der Waals surface area contributed by atoms with Crippen molar-refractivity contribution in [2.24, 2.45) is 0 Å². The van der Waals surface area contributed by atoms with Crippen LogP contribution < -0.4 is 5.32 Å². The number of amides is 1. The van der Waals surface area contributed by atoms with Crippen molar-refractivity contribution in [3.63, 3.8) is 0 Å². The van der Waals surface area contributed by atoms with E-state index in [4.69, 9.17) is 0 Å². The van der Waals surface area contributed by atoms with Crippen LogP contribution in [0.5, 0.6) is 0 Å². The normalized spacial score (nSPS) is 15.2. The number of benzene rings is 2. The standard InChI is InChI=1S/C20H27N3O/c1-2-22(12-9-20(24)23-13-10-21-11-14-23)16-17-7-8-18-5-3-4-6-19(18)15-17/h3-8,15,21H,2,9-14,16H2,1H3. The van der Waals surface area contributed by atoms with Crippen LogP contribution >= 0.6 is 0 Å². The van der Waals surface area contributed by atoms with Gasteiger partial charge in [0.2, 0.25) is 5.91 Å². The number of rotatable bonds is 6. The highest BCUT2D eigenvalue weighted by Crippen LogP contribution is 2.17. The van der Waals surface area contributed by atoms with Gasteiger partial charge in [0.05, 0.1) is 0 Å². The second-order valence-electron chi connectivity index (χ2n) is 6.43. The number of piperazine rings is 1. The van der Waals surface area contributed by atoms with Gasteiger partial charge in [-0.15, -0.1) is 0 Å². The monoisotopic (exact) mass is 325 g/mol. The smallest absolute Gasteiger partial charge is 0.223 e. The van der Waals surface area contributed by atoms with Gasteiger partial charge >= 0.3 is 0 Å². The molecule has 1 amide bonds. The molecular weight excluding hydrogens is 298 g/mol. The summed E-state index contributed by atoms with van der Waals surface area (Å²) in [7, 11) is 0. The molecule has 0 spiro atoms. The third-order valence-electron chi connectivity index (χ3n) is 4.78. The van der Waals surface area contributed by atoms with Crippen molar-refractivity contribution < 1.29 is 4.79 Å². The van der Waals surface area contributed by atoms with Crippen LogP contribution in [0.2, 0.25) is 0 Å². The van der Waals surface area contributed by atoms with Crippen molar-refractivity contribution in [1.29, 1.82) is 0 Å². The summed E-state index contributed by atoms with van der Waals surface area (Å²) < 4.78 is 0. The highest BCUT2D eigenvalue weighted by atomic mass is 16.2. The molecule has 4 nitrogen and oxygen atoms in total. The summed E-state index contributed by atoms with van der Waals surface area (Å²) in [6.07, 6.45) is 0.613. The Labute approximate surface area is 144 Å². The second kappa shape index (κ2) is 8.27. The Hall–Kier alpha value is -1.91. The molecule has 1 N–H and O–H groups in total. The molecule has 0 aliphatic carbocycles. The molecule has 1 aliphatic rings. The molecule has 0 atom stereocenters. The predicted octanol–water partition coefficient (Wildman–Crippen LogP) is 2.48. The number of hydrogen-bond donors (Lipinski definition) is 1. The quantitative estimate of drug-likeness (QED) is 0.886. The Balaban J connectivity index is 1.56. The summed E-state index contributed by atoms with van der Waals surface area (Å²) >= 11 is 0. The van der Waals surface area contributed by atoms with Crippen molar-refractivity contribution in [2.75, 3.05) is 39.3 Å². The second-order valence-corrected chi connectivity index (χ2v) is 6.43. The number of nitrogens with one attached hydrogen (secondary N) is 1. The Morgan fingerprint density at radius 1 is 1.12 bits per heavy atom.